The number of hydrogen-bond donors (Lipinski definition) is 0. The van der Waals surface area contributed by atoms with E-state index < -0.39 is 56.2 Å². The molecule has 176 valence electrons. The number of alkyl halides is 6. The van der Waals surface area contributed by atoms with Gasteiger partial charge in [0.15, 0.2) is 0 Å². The third-order valence-electron chi connectivity index (χ3n) is 4.97. The average Bonchev–Trinajstić information content (AvgIpc) is 2.72. The number of sulfonamides is 2. The van der Waals surface area contributed by atoms with Crippen molar-refractivity contribution in [3.8, 4) is 0 Å². The molecule has 32 heavy (non-hydrogen) atoms. The molecule has 2 aromatic carbocycles. The van der Waals surface area contributed by atoms with Crippen molar-refractivity contribution in [2.24, 2.45) is 0 Å². The topological polar surface area (TPSA) is 74.8 Å². The van der Waals surface area contributed by atoms with Gasteiger partial charge < -0.3 is 0 Å². The number of piperazine rings is 1. The predicted octanol–water partition coefficient (Wildman–Crippen LogP) is 3.79. The molecule has 6 nitrogen and oxygen atoms in total. The molecule has 1 aliphatic rings. The molecule has 0 amide bonds. The number of rotatable bonds is 4. The summed E-state index contributed by atoms with van der Waals surface area (Å²) >= 11 is 0. The lowest BCUT2D eigenvalue weighted by molar-refractivity contribution is -0.0579. The van der Waals surface area contributed by atoms with Gasteiger partial charge in [0.1, 0.15) is 0 Å². The second-order valence-corrected chi connectivity index (χ2v) is 10.7. The Hall–Kier alpha value is -2.16. The first-order valence-corrected chi connectivity index (χ1v) is 11.8. The second-order valence-electron chi connectivity index (χ2n) is 6.89. The summed E-state index contributed by atoms with van der Waals surface area (Å²) in [6.45, 7) is -2.33. The van der Waals surface area contributed by atoms with Crippen LogP contribution in [0.1, 0.15) is 23.2 Å². The first-order valence-electron chi connectivity index (χ1n) is 8.94. The van der Waals surface area contributed by atoms with Crippen molar-refractivity contribution in [2.45, 2.75) is 23.1 Å². The molecule has 0 spiro atoms. The van der Waals surface area contributed by atoms with Gasteiger partial charge in [0, 0.05) is 13.1 Å². The van der Waals surface area contributed by atoms with Gasteiger partial charge in [-0.25, -0.2) is 16.8 Å². The van der Waals surface area contributed by atoms with Crippen molar-refractivity contribution in [3.63, 3.8) is 0 Å². The molecule has 3 rings (SSSR count). The van der Waals surface area contributed by atoms with Crippen LogP contribution in [0.2, 0.25) is 0 Å². The highest BCUT2D eigenvalue weighted by molar-refractivity contribution is 7.90. The van der Waals surface area contributed by atoms with Crippen molar-refractivity contribution < 1.29 is 43.2 Å². The fourth-order valence-corrected chi connectivity index (χ4v) is 5.72. The van der Waals surface area contributed by atoms with E-state index in [0.717, 1.165) is 0 Å². The molecule has 0 unspecified atom stereocenters. The molecule has 0 N–H and O–H groups in total. The predicted molar refractivity (Wildman–Crippen MR) is 102 cm³/mol. The SMILES string of the molecule is O=S(=O)(N1C[C@H](c2ccccc2)N(S(=O)(=O)C(F)(F)F)C[C@@H]1c1ccccc1)C(F)(F)F. The summed E-state index contributed by atoms with van der Waals surface area (Å²) in [5.41, 5.74) is -11.7. The molecule has 0 aliphatic carbocycles. The monoisotopic (exact) mass is 502 g/mol. The minimum atomic E-state index is -6.01. The van der Waals surface area contributed by atoms with Crippen LogP contribution < -0.4 is 0 Å². The molecule has 1 aliphatic heterocycles. The summed E-state index contributed by atoms with van der Waals surface area (Å²) in [6, 6.07) is 9.50. The Labute approximate surface area is 180 Å². The zero-order valence-corrected chi connectivity index (χ0v) is 17.6. The van der Waals surface area contributed by atoms with Gasteiger partial charge in [-0.05, 0) is 11.1 Å². The van der Waals surface area contributed by atoms with Crippen LogP contribution in [-0.2, 0) is 20.0 Å². The smallest absolute Gasteiger partial charge is 0.203 e. The maximum atomic E-state index is 13.4. The quantitative estimate of drug-likeness (QED) is 0.597. The Bertz CT molecular complexity index is 1060. The Morgan fingerprint density at radius 3 is 1.12 bits per heavy atom. The Morgan fingerprint density at radius 2 is 0.875 bits per heavy atom. The molecule has 2 aromatic rings. The molecule has 1 heterocycles. The van der Waals surface area contributed by atoms with Gasteiger partial charge in [-0.3, -0.25) is 0 Å². The number of halogens is 6. The Balaban J connectivity index is 2.22. The average molecular weight is 502 g/mol. The second kappa shape index (κ2) is 8.32. The molecular weight excluding hydrogens is 486 g/mol. The van der Waals surface area contributed by atoms with Crippen molar-refractivity contribution >= 4 is 20.0 Å². The van der Waals surface area contributed by atoms with Crippen LogP contribution >= 0.6 is 0 Å². The standard InChI is InChI=1S/C18H16F6N2O4S2/c19-17(20,21)31(27,28)25-12-16(14-9-5-2-6-10-14)26(32(29,30)18(22,23)24)11-15(25)13-7-3-1-4-8-13/h1-10,15-16H,11-12H2/t15-,16-/m1/s1. The van der Waals surface area contributed by atoms with Crippen LogP contribution in [0.3, 0.4) is 0 Å². The third-order valence-corrected chi connectivity index (χ3v) is 8.18. The lowest BCUT2D eigenvalue weighted by Gasteiger charge is -2.45. The van der Waals surface area contributed by atoms with Crippen LogP contribution in [0.15, 0.2) is 60.7 Å². The highest BCUT2D eigenvalue weighted by Crippen LogP contribution is 2.44. The maximum Gasteiger partial charge on any atom is 0.511 e. The zero-order valence-electron chi connectivity index (χ0n) is 16.0. The van der Waals surface area contributed by atoms with E-state index in [-0.39, 0.29) is 19.7 Å². The molecule has 14 heteroatoms. The van der Waals surface area contributed by atoms with Crippen LogP contribution in [0, 0.1) is 0 Å². The van der Waals surface area contributed by atoms with Crippen LogP contribution in [0.4, 0.5) is 26.3 Å². The van der Waals surface area contributed by atoms with Crippen LogP contribution in [0.5, 0.6) is 0 Å². The summed E-state index contributed by atoms with van der Waals surface area (Å²) in [4.78, 5) is 0. The van der Waals surface area contributed by atoms with Crippen molar-refractivity contribution in [3.05, 3.63) is 71.8 Å². The molecule has 0 bridgehead atoms. The maximum absolute atomic E-state index is 13.4. The lowest BCUT2D eigenvalue weighted by Crippen LogP contribution is -2.57. The van der Waals surface area contributed by atoms with Gasteiger partial charge in [-0.15, -0.1) is 0 Å². The van der Waals surface area contributed by atoms with Crippen LogP contribution in [0.25, 0.3) is 0 Å². The summed E-state index contributed by atoms with van der Waals surface area (Å²) in [5, 5.41) is 0. The van der Waals surface area contributed by atoms with E-state index in [1.807, 2.05) is 0 Å². The fraction of sp³-hybridized carbons (Fsp3) is 0.333. The molecule has 0 saturated carbocycles. The Morgan fingerprint density at radius 1 is 0.594 bits per heavy atom. The molecule has 0 aromatic heterocycles. The van der Waals surface area contributed by atoms with E-state index in [9.17, 15) is 43.2 Å². The highest BCUT2D eigenvalue weighted by Gasteiger charge is 2.59. The lowest BCUT2D eigenvalue weighted by atomic mass is 10.00. The number of benzene rings is 2. The molecule has 1 fully saturated rings. The molecular formula is C18H16F6N2O4S2. The first kappa shape index (κ1) is 24.5. The zero-order chi connectivity index (χ0) is 23.9. The van der Waals surface area contributed by atoms with Gasteiger partial charge in [0.25, 0.3) is 0 Å². The number of hydrogen-bond acceptors (Lipinski definition) is 4. The minimum absolute atomic E-state index is 0.0163. The van der Waals surface area contributed by atoms with Gasteiger partial charge in [-0.1, -0.05) is 60.7 Å². The summed E-state index contributed by atoms with van der Waals surface area (Å²) in [6.07, 6.45) is 0. The van der Waals surface area contributed by atoms with E-state index in [0.29, 0.717) is 0 Å². The van der Waals surface area contributed by atoms with E-state index >= 15 is 0 Å². The largest absolute Gasteiger partial charge is 0.511 e. The van der Waals surface area contributed by atoms with Crippen LogP contribution in [-0.4, -0.2) is 49.6 Å². The summed E-state index contributed by atoms with van der Waals surface area (Å²) in [5.74, 6) is 0. The minimum Gasteiger partial charge on any atom is -0.203 e. The van der Waals surface area contributed by atoms with Gasteiger partial charge in [0.2, 0.25) is 0 Å². The fourth-order valence-electron chi connectivity index (χ4n) is 3.47. The van der Waals surface area contributed by atoms with Gasteiger partial charge in [-0.2, -0.15) is 35.0 Å². The first-order chi connectivity index (χ1) is 14.7. The normalized spacial score (nSPS) is 22.1. The van der Waals surface area contributed by atoms with Crippen molar-refractivity contribution in [1.82, 2.24) is 8.61 Å². The third kappa shape index (κ3) is 4.36. The molecule has 0 radical (unpaired) electrons. The van der Waals surface area contributed by atoms with E-state index in [2.05, 4.69) is 0 Å². The number of nitrogens with zero attached hydrogens (tertiary/aromatic N) is 2. The molecule has 2 atom stereocenters. The summed E-state index contributed by atoms with van der Waals surface area (Å²) < 4.78 is 130. The Kier molecular flexibility index (Phi) is 6.36. The molecule has 1 saturated heterocycles. The van der Waals surface area contributed by atoms with Crippen molar-refractivity contribution in [1.29, 1.82) is 0 Å². The summed E-state index contributed by atoms with van der Waals surface area (Å²) in [7, 11) is -12.0. The highest BCUT2D eigenvalue weighted by atomic mass is 32.2. The van der Waals surface area contributed by atoms with Gasteiger partial charge >= 0.3 is 31.1 Å². The van der Waals surface area contributed by atoms with E-state index in [1.165, 1.54) is 60.7 Å². The van der Waals surface area contributed by atoms with Gasteiger partial charge in [0.05, 0.1) is 12.1 Å². The van der Waals surface area contributed by atoms with Crippen molar-refractivity contribution in [2.75, 3.05) is 13.1 Å². The van der Waals surface area contributed by atoms with E-state index in [4.69, 9.17) is 0 Å². The van der Waals surface area contributed by atoms with E-state index in [1.54, 1.807) is 0 Å².